The molecule has 0 saturated heterocycles. The maximum Gasteiger partial charge on any atom is 0.268 e. The van der Waals surface area contributed by atoms with Crippen molar-refractivity contribution in [2.24, 2.45) is 0 Å². The Kier molecular flexibility index (Phi) is 3.91. The van der Waals surface area contributed by atoms with Gasteiger partial charge in [-0.2, -0.15) is 0 Å². The fraction of sp³-hybridized carbons (Fsp3) is 0.429. The highest BCUT2D eigenvalue weighted by molar-refractivity contribution is 9.10. The third-order valence-corrected chi connectivity index (χ3v) is 2.05. The number of nitrogens with one attached hydrogen (secondary N) is 2. The number of hydrogen-bond acceptors (Lipinski definition) is 4. The number of aromatic amines is 1. The van der Waals surface area contributed by atoms with Crippen LogP contribution in [0, 0.1) is 0 Å². The maximum atomic E-state index is 11.0. The lowest BCUT2D eigenvalue weighted by atomic mass is 10.6. The number of nitrogens with zero attached hydrogens (tertiary/aromatic N) is 1. The SMILES string of the molecule is CNCCOc1nc[nH]c(=O)c1Br. The van der Waals surface area contributed by atoms with Crippen molar-refractivity contribution in [2.45, 2.75) is 0 Å². The first-order valence-corrected chi connectivity index (χ1v) is 4.55. The van der Waals surface area contributed by atoms with E-state index in [1.165, 1.54) is 6.33 Å². The number of hydrogen-bond donors (Lipinski definition) is 2. The van der Waals surface area contributed by atoms with Crippen molar-refractivity contribution in [2.75, 3.05) is 20.2 Å². The monoisotopic (exact) mass is 247 g/mol. The van der Waals surface area contributed by atoms with E-state index < -0.39 is 0 Å². The lowest BCUT2D eigenvalue weighted by Gasteiger charge is -2.04. The first-order valence-electron chi connectivity index (χ1n) is 3.76. The van der Waals surface area contributed by atoms with Gasteiger partial charge in [-0.3, -0.25) is 4.79 Å². The minimum absolute atomic E-state index is 0.241. The maximum absolute atomic E-state index is 11.0. The van der Waals surface area contributed by atoms with Gasteiger partial charge in [0.05, 0.1) is 6.33 Å². The predicted molar refractivity (Wildman–Crippen MR) is 52.0 cm³/mol. The van der Waals surface area contributed by atoms with Crippen LogP contribution in [0.1, 0.15) is 0 Å². The number of likely N-dealkylation sites (N-methyl/N-ethyl adjacent to an activating group) is 1. The Morgan fingerprint density at radius 1 is 1.77 bits per heavy atom. The topological polar surface area (TPSA) is 67.0 Å². The molecule has 0 amide bonds. The van der Waals surface area contributed by atoms with E-state index in [9.17, 15) is 4.79 Å². The zero-order valence-corrected chi connectivity index (χ0v) is 8.72. The van der Waals surface area contributed by atoms with Gasteiger partial charge in [-0.15, -0.1) is 0 Å². The average molecular weight is 248 g/mol. The fourth-order valence-electron chi connectivity index (χ4n) is 0.717. The standard InChI is InChI=1S/C7H10BrN3O2/c1-9-2-3-13-7-5(8)6(12)10-4-11-7/h4,9H,2-3H2,1H3,(H,10,11,12). The summed E-state index contributed by atoms with van der Waals surface area (Å²) in [6.45, 7) is 1.19. The third kappa shape index (κ3) is 2.82. The van der Waals surface area contributed by atoms with Gasteiger partial charge >= 0.3 is 0 Å². The Hall–Kier alpha value is -0.880. The van der Waals surface area contributed by atoms with Crippen LogP contribution >= 0.6 is 15.9 Å². The normalized spacial score (nSPS) is 10.0. The Morgan fingerprint density at radius 3 is 3.23 bits per heavy atom. The van der Waals surface area contributed by atoms with Crippen molar-refractivity contribution >= 4 is 15.9 Å². The second-order valence-corrected chi connectivity index (χ2v) is 3.10. The van der Waals surface area contributed by atoms with Gasteiger partial charge in [0.15, 0.2) is 0 Å². The van der Waals surface area contributed by atoms with Crippen LogP contribution in [0.3, 0.4) is 0 Å². The summed E-state index contributed by atoms with van der Waals surface area (Å²) < 4.78 is 5.54. The highest BCUT2D eigenvalue weighted by Crippen LogP contribution is 2.15. The highest BCUT2D eigenvalue weighted by atomic mass is 79.9. The van der Waals surface area contributed by atoms with Crippen LogP contribution in [-0.4, -0.2) is 30.2 Å². The quantitative estimate of drug-likeness (QED) is 0.743. The fourth-order valence-corrected chi connectivity index (χ4v) is 1.05. The molecule has 1 aromatic rings. The predicted octanol–water partition coefficient (Wildman–Crippen LogP) is 0.131. The van der Waals surface area contributed by atoms with Gasteiger partial charge in [-0.1, -0.05) is 0 Å². The van der Waals surface area contributed by atoms with Crippen molar-refractivity contribution in [3.05, 3.63) is 21.2 Å². The van der Waals surface area contributed by atoms with E-state index in [-0.39, 0.29) is 5.56 Å². The summed E-state index contributed by atoms with van der Waals surface area (Å²) in [5.41, 5.74) is -0.241. The molecule has 1 heterocycles. The zero-order chi connectivity index (χ0) is 9.68. The van der Waals surface area contributed by atoms with Gasteiger partial charge in [0.25, 0.3) is 5.56 Å². The molecular weight excluding hydrogens is 238 g/mol. The Morgan fingerprint density at radius 2 is 2.54 bits per heavy atom. The Labute approximate surface area is 83.7 Å². The molecule has 0 saturated carbocycles. The number of halogens is 1. The van der Waals surface area contributed by atoms with Crippen LogP contribution in [0.2, 0.25) is 0 Å². The van der Waals surface area contributed by atoms with Gasteiger partial charge < -0.3 is 15.0 Å². The molecule has 0 aromatic carbocycles. The van der Waals surface area contributed by atoms with E-state index >= 15 is 0 Å². The molecule has 0 atom stereocenters. The first kappa shape index (κ1) is 10.2. The van der Waals surface area contributed by atoms with E-state index in [1.54, 1.807) is 0 Å². The molecule has 0 aliphatic carbocycles. The molecule has 13 heavy (non-hydrogen) atoms. The molecule has 0 fully saturated rings. The molecule has 5 nitrogen and oxygen atoms in total. The summed E-state index contributed by atoms with van der Waals surface area (Å²) in [5.74, 6) is 0.319. The van der Waals surface area contributed by atoms with Crippen molar-refractivity contribution in [1.82, 2.24) is 15.3 Å². The highest BCUT2D eigenvalue weighted by Gasteiger charge is 2.04. The molecule has 1 aromatic heterocycles. The van der Waals surface area contributed by atoms with Gasteiger partial charge in [0.1, 0.15) is 11.1 Å². The molecule has 72 valence electrons. The van der Waals surface area contributed by atoms with Crippen LogP contribution in [-0.2, 0) is 0 Å². The van der Waals surface area contributed by atoms with Crippen LogP contribution < -0.4 is 15.6 Å². The van der Waals surface area contributed by atoms with Crippen molar-refractivity contribution in [3.63, 3.8) is 0 Å². The van der Waals surface area contributed by atoms with Crippen LogP contribution in [0.5, 0.6) is 5.88 Å². The van der Waals surface area contributed by atoms with Crippen molar-refractivity contribution in [3.8, 4) is 5.88 Å². The van der Waals surface area contributed by atoms with Gasteiger partial charge in [-0.25, -0.2) is 4.98 Å². The van der Waals surface area contributed by atoms with Gasteiger partial charge in [0, 0.05) is 6.54 Å². The Balaban J connectivity index is 2.66. The lowest BCUT2D eigenvalue weighted by Crippen LogP contribution is -2.18. The largest absolute Gasteiger partial charge is 0.475 e. The van der Waals surface area contributed by atoms with Crippen LogP contribution in [0.25, 0.3) is 0 Å². The molecular formula is C7H10BrN3O2. The summed E-state index contributed by atoms with van der Waals surface area (Å²) in [6.07, 6.45) is 1.31. The zero-order valence-electron chi connectivity index (χ0n) is 7.13. The van der Waals surface area contributed by atoms with Gasteiger partial charge in [-0.05, 0) is 23.0 Å². The number of H-pyrrole nitrogens is 1. The molecule has 0 radical (unpaired) electrons. The molecule has 0 aliphatic rings. The van der Waals surface area contributed by atoms with E-state index in [4.69, 9.17) is 4.74 Å². The third-order valence-electron chi connectivity index (χ3n) is 1.36. The molecule has 0 aliphatic heterocycles. The lowest BCUT2D eigenvalue weighted by molar-refractivity contribution is 0.303. The second kappa shape index (κ2) is 4.98. The van der Waals surface area contributed by atoms with Gasteiger partial charge in [0.2, 0.25) is 5.88 Å². The minimum atomic E-state index is -0.241. The molecule has 0 unspecified atom stereocenters. The van der Waals surface area contributed by atoms with Crippen LogP contribution in [0.15, 0.2) is 15.6 Å². The second-order valence-electron chi connectivity index (χ2n) is 2.30. The smallest absolute Gasteiger partial charge is 0.268 e. The van der Waals surface area contributed by atoms with E-state index in [1.807, 2.05) is 7.05 Å². The summed E-state index contributed by atoms with van der Waals surface area (Å²) in [6, 6.07) is 0. The van der Waals surface area contributed by atoms with Crippen molar-refractivity contribution in [1.29, 1.82) is 0 Å². The van der Waals surface area contributed by atoms with Crippen molar-refractivity contribution < 1.29 is 4.74 Å². The van der Waals surface area contributed by atoms with E-state index in [0.717, 1.165) is 0 Å². The molecule has 2 N–H and O–H groups in total. The number of rotatable bonds is 4. The number of aromatic nitrogens is 2. The average Bonchev–Trinajstić information content (AvgIpc) is 2.13. The number of ether oxygens (including phenoxy) is 1. The summed E-state index contributed by atoms with van der Waals surface area (Å²) in [4.78, 5) is 17.3. The van der Waals surface area contributed by atoms with E-state index in [0.29, 0.717) is 23.5 Å². The summed E-state index contributed by atoms with van der Waals surface area (Å²) >= 11 is 3.08. The molecule has 6 heteroatoms. The Bertz CT molecular complexity index is 326. The summed E-state index contributed by atoms with van der Waals surface area (Å²) in [5, 5.41) is 2.92. The molecule has 0 bridgehead atoms. The van der Waals surface area contributed by atoms with E-state index in [2.05, 4.69) is 31.2 Å². The first-order chi connectivity index (χ1) is 6.25. The molecule has 0 spiro atoms. The molecule has 1 rings (SSSR count). The minimum Gasteiger partial charge on any atom is -0.475 e. The van der Waals surface area contributed by atoms with Crippen LogP contribution in [0.4, 0.5) is 0 Å². The summed E-state index contributed by atoms with van der Waals surface area (Å²) in [7, 11) is 1.82.